The molecule has 2 aromatic carbocycles. The molecule has 0 aliphatic carbocycles. The Morgan fingerprint density at radius 1 is 0.947 bits per heavy atom. The van der Waals surface area contributed by atoms with Crippen molar-refractivity contribution in [3.8, 4) is 0 Å². The maximum Gasteiger partial charge on any atom is 0.123 e. The van der Waals surface area contributed by atoms with E-state index in [1.807, 2.05) is 30.3 Å². The van der Waals surface area contributed by atoms with Crippen molar-refractivity contribution in [1.29, 1.82) is 0 Å². The van der Waals surface area contributed by atoms with Gasteiger partial charge in [-0.1, -0.05) is 49.4 Å². The third-order valence-corrected chi connectivity index (χ3v) is 3.40. The molecule has 0 aliphatic heterocycles. The molecule has 19 heavy (non-hydrogen) atoms. The highest BCUT2D eigenvalue weighted by atomic mass is 19.1. The van der Waals surface area contributed by atoms with Gasteiger partial charge in [0.15, 0.2) is 0 Å². The van der Waals surface area contributed by atoms with Crippen molar-refractivity contribution in [2.45, 2.75) is 32.4 Å². The van der Waals surface area contributed by atoms with E-state index in [1.54, 1.807) is 0 Å². The maximum absolute atomic E-state index is 13.1. The van der Waals surface area contributed by atoms with E-state index in [4.69, 9.17) is 0 Å². The number of benzene rings is 2. The van der Waals surface area contributed by atoms with E-state index in [1.165, 1.54) is 17.7 Å². The lowest BCUT2D eigenvalue weighted by atomic mass is 9.97. The first-order valence-electron chi connectivity index (χ1n) is 6.77. The van der Waals surface area contributed by atoms with Crippen molar-refractivity contribution in [2.75, 3.05) is 0 Å². The number of hydrogen-bond donors (Lipinski definition) is 1. The topological polar surface area (TPSA) is 12.0 Å². The molecule has 0 spiro atoms. The minimum atomic E-state index is -0.195. The van der Waals surface area contributed by atoms with Gasteiger partial charge in [0.25, 0.3) is 0 Å². The Balaban J connectivity index is 2.31. The van der Waals surface area contributed by atoms with Gasteiger partial charge in [0, 0.05) is 6.04 Å². The van der Waals surface area contributed by atoms with Crippen molar-refractivity contribution in [3.05, 3.63) is 71.5 Å². The van der Waals surface area contributed by atoms with Crippen molar-refractivity contribution in [3.63, 3.8) is 0 Å². The molecule has 0 saturated heterocycles. The second-order valence-corrected chi connectivity index (χ2v) is 4.87. The van der Waals surface area contributed by atoms with Crippen LogP contribution in [0.25, 0.3) is 0 Å². The maximum atomic E-state index is 13.1. The van der Waals surface area contributed by atoms with Crippen LogP contribution < -0.4 is 5.32 Å². The fraction of sp³-hybridized carbons (Fsp3) is 0.294. The summed E-state index contributed by atoms with van der Waals surface area (Å²) in [6, 6.07) is 17.5. The number of rotatable bonds is 5. The fourth-order valence-corrected chi connectivity index (χ4v) is 2.09. The zero-order valence-corrected chi connectivity index (χ0v) is 11.4. The highest BCUT2D eigenvalue weighted by Gasteiger charge is 2.15. The Labute approximate surface area is 114 Å². The lowest BCUT2D eigenvalue weighted by molar-refractivity contribution is 0.487. The summed E-state index contributed by atoms with van der Waals surface area (Å²) in [4.78, 5) is 0. The average molecular weight is 257 g/mol. The van der Waals surface area contributed by atoms with Gasteiger partial charge < -0.3 is 5.32 Å². The summed E-state index contributed by atoms with van der Waals surface area (Å²) in [7, 11) is 0. The second kappa shape index (κ2) is 6.48. The van der Waals surface area contributed by atoms with Crippen molar-refractivity contribution in [2.24, 2.45) is 0 Å². The van der Waals surface area contributed by atoms with Crippen molar-refractivity contribution < 1.29 is 4.39 Å². The molecule has 100 valence electrons. The molecular weight excluding hydrogens is 237 g/mol. The minimum absolute atomic E-state index is 0.108. The first-order valence-corrected chi connectivity index (χ1v) is 6.77. The van der Waals surface area contributed by atoms with Crippen LogP contribution in [0, 0.1) is 5.82 Å². The molecule has 2 atom stereocenters. The average Bonchev–Trinajstić information content (AvgIpc) is 2.46. The molecule has 2 aromatic rings. The predicted molar refractivity (Wildman–Crippen MR) is 77.6 cm³/mol. The summed E-state index contributed by atoms with van der Waals surface area (Å²) < 4.78 is 13.1. The molecule has 2 unspecified atom stereocenters. The molecule has 0 aromatic heterocycles. The number of halogens is 1. The number of nitrogens with one attached hydrogen (secondary N) is 1. The Morgan fingerprint density at radius 2 is 1.53 bits per heavy atom. The van der Waals surface area contributed by atoms with Gasteiger partial charge in [-0.25, -0.2) is 4.39 Å². The third-order valence-electron chi connectivity index (χ3n) is 3.40. The Kier molecular flexibility index (Phi) is 4.69. The zero-order chi connectivity index (χ0) is 13.7. The molecule has 0 amide bonds. The van der Waals surface area contributed by atoms with E-state index in [-0.39, 0.29) is 11.9 Å². The van der Waals surface area contributed by atoms with Crippen LogP contribution in [0.5, 0.6) is 0 Å². The summed E-state index contributed by atoms with van der Waals surface area (Å²) in [5.74, 6) is -0.195. The second-order valence-electron chi connectivity index (χ2n) is 4.87. The summed E-state index contributed by atoms with van der Waals surface area (Å²) in [6.45, 7) is 4.32. The van der Waals surface area contributed by atoms with Crippen LogP contribution in [0.2, 0.25) is 0 Å². The van der Waals surface area contributed by atoms with Crippen LogP contribution in [0.4, 0.5) is 4.39 Å². The van der Waals surface area contributed by atoms with E-state index in [2.05, 4.69) is 31.3 Å². The molecule has 2 rings (SSSR count). The quantitative estimate of drug-likeness (QED) is 0.842. The predicted octanol–water partition coefficient (Wildman–Crippen LogP) is 4.30. The Bertz CT molecular complexity index is 492. The molecule has 0 radical (unpaired) electrons. The zero-order valence-electron chi connectivity index (χ0n) is 11.4. The Morgan fingerprint density at radius 3 is 2.11 bits per heavy atom. The van der Waals surface area contributed by atoms with E-state index >= 15 is 0 Å². The standard InChI is InChI=1S/C17H20FN/c1-3-13(2)19-17(14-7-5-4-6-8-14)15-9-11-16(18)12-10-15/h4-13,17,19H,3H2,1-2H3. The summed E-state index contributed by atoms with van der Waals surface area (Å²) in [5.41, 5.74) is 2.29. The highest BCUT2D eigenvalue weighted by molar-refractivity contribution is 5.31. The molecular formula is C17H20FN. The van der Waals surface area contributed by atoms with E-state index in [9.17, 15) is 4.39 Å². The van der Waals surface area contributed by atoms with E-state index in [0.29, 0.717) is 6.04 Å². The van der Waals surface area contributed by atoms with Gasteiger partial charge in [-0.2, -0.15) is 0 Å². The van der Waals surface area contributed by atoms with Gasteiger partial charge in [-0.3, -0.25) is 0 Å². The highest BCUT2D eigenvalue weighted by Crippen LogP contribution is 2.23. The summed E-state index contributed by atoms with van der Waals surface area (Å²) >= 11 is 0. The summed E-state index contributed by atoms with van der Waals surface area (Å²) in [5, 5.41) is 3.60. The largest absolute Gasteiger partial charge is 0.304 e. The SMILES string of the molecule is CCC(C)NC(c1ccccc1)c1ccc(F)cc1. The van der Waals surface area contributed by atoms with Crippen molar-refractivity contribution in [1.82, 2.24) is 5.32 Å². The smallest absolute Gasteiger partial charge is 0.123 e. The van der Waals surface area contributed by atoms with Crippen molar-refractivity contribution >= 4 is 0 Å². The molecule has 1 nitrogen and oxygen atoms in total. The van der Waals surface area contributed by atoms with Crippen LogP contribution in [0.15, 0.2) is 54.6 Å². The monoisotopic (exact) mass is 257 g/mol. The first-order chi connectivity index (χ1) is 9.20. The lowest BCUT2D eigenvalue weighted by Gasteiger charge is -2.23. The van der Waals surface area contributed by atoms with Gasteiger partial charge in [-0.15, -0.1) is 0 Å². The van der Waals surface area contributed by atoms with E-state index < -0.39 is 0 Å². The van der Waals surface area contributed by atoms with Crippen LogP contribution in [-0.4, -0.2) is 6.04 Å². The first kappa shape index (κ1) is 13.8. The molecule has 0 heterocycles. The Hall–Kier alpha value is -1.67. The number of hydrogen-bond acceptors (Lipinski definition) is 1. The molecule has 2 heteroatoms. The van der Waals surface area contributed by atoms with Gasteiger partial charge in [0.05, 0.1) is 6.04 Å². The summed E-state index contributed by atoms with van der Waals surface area (Å²) in [6.07, 6.45) is 1.06. The molecule has 1 N–H and O–H groups in total. The van der Waals surface area contributed by atoms with Crippen LogP contribution in [0.3, 0.4) is 0 Å². The van der Waals surface area contributed by atoms with Crippen LogP contribution >= 0.6 is 0 Å². The third kappa shape index (κ3) is 3.65. The van der Waals surface area contributed by atoms with E-state index in [0.717, 1.165) is 12.0 Å². The molecule has 0 saturated carbocycles. The van der Waals surface area contributed by atoms with Gasteiger partial charge in [0.1, 0.15) is 5.82 Å². The van der Waals surface area contributed by atoms with Gasteiger partial charge in [-0.05, 0) is 36.6 Å². The molecule has 0 aliphatic rings. The molecule has 0 fully saturated rings. The van der Waals surface area contributed by atoms with Gasteiger partial charge >= 0.3 is 0 Å². The van der Waals surface area contributed by atoms with Crippen LogP contribution in [-0.2, 0) is 0 Å². The lowest BCUT2D eigenvalue weighted by Crippen LogP contribution is -2.30. The molecule has 0 bridgehead atoms. The fourth-order valence-electron chi connectivity index (χ4n) is 2.09. The minimum Gasteiger partial charge on any atom is -0.304 e. The normalized spacial score (nSPS) is 14.1. The van der Waals surface area contributed by atoms with Crippen LogP contribution in [0.1, 0.15) is 37.4 Å². The van der Waals surface area contributed by atoms with Gasteiger partial charge in [0.2, 0.25) is 0 Å².